The number of phenols is 1. The average Bonchev–Trinajstić information content (AvgIpc) is 2.28. The van der Waals surface area contributed by atoms with Crippen molar-refractivity contribution in [3.8, 4) is 11.5 Å². The van der Waals surface area contributed by atoms with E-state index in [2.05, 4.69) is 6.92 Å². The molecule has 1 aromatic rings. The van der Waals surface area contributed by atoms with Gasteiger partial charge in [-0.2, -0.15) is 0 Å². The highest BCUT2D eigenvalue weighted by Gasteiger charge is 2.15. The fourth-order valence-corrected chi connectivity index (χ4v) is 1.84. The molecule has 0 aliphatic carbocycles. The van der Waals surface area contributed by atoms with Gasteiger partial charge >= 0.3 is 0 Å². The SMILES string of the molecule is CCCCC[C@H](N)c1c(O)cccc1OC.Cl. The standard InChI is InChI=1S/C13H21NO2.ClH/c1-3-4-5-7-10(14)13-11(15)8-6-9-12(13)16-2;/h6,8-10,15H,3-5,7,14H2,1-2H3;1H/t10-;/m0./s1. The van der Waals surface area contributed by atoms with Crippen molar-refractivity contribution >= 4 is 12.4 Å². The maximum absolute atomic E-state index is 9.79. The molecule has 4 heteroatoms. The van der Waals surface area contributed by atoms with E-state index in [1.54, 1.807) is 19.2 Å². The van der Waals surface area contributed by atoms with Crippen LogP contribution in [0.25, 0.3) is 0 Å². The first-order chi connectivity index (χ1) is 7.70. The van der Waals surface area contributed by atoms with Gasteiger partial charge in [0.15, 0.2) is 0 Å². The van der Waals surface area contributed by atoms with Gasteiger partial charge in [0.25, 0.3) is 0 Å². The summed E-state index contributed by atoms with van der Waals surface area (Å²) in [5.41, 5.74) is 6.80. The molecule has 0 aromatic heterocycles. The van der Waals surface area contributed by atoms with Crippen LogP contribution in [0.15, 0.2) is 18.2 Å². The molecule has 1 atom stereocenters. The minimum Gasteiger partial charge on any atom is -0.507 e. The number of methoxy groups -OCH3 is 1. The molecule has 0 saturated heterocycles. The zero-order valence-corrected chi connectivity index (χ0v) is 11.3. The molecular formula is C13H22ClNO2. The van der Waals surface area contributed by atoms with Crippen LogP contribution in [0.5, 0.6) is 11.5 Å². The summed E-state index contributed by atoms with van der Waals surface area (Å²) >= 11 is 0. The van der Waals surface area contributed by atoms with Gasteiger partial charge in [0, 0.05) is 6.04 Å². The summed E-state index contributed by atoms with van der Waals surface area (Å²) in [4.78, 5) is 0. The van der Waals surface area contributed by atoms with Gasteiger partial charge < -0.3 is 15.6 Å². The largest absolute Gasteiger partial charge is 0.507 e. The monoisotopic (exact) mass is 259 g/mol. The zero-order chi connectivity index (χ0) is 12.0. The van der Waals surface area contributed by atoms with Crippen LogP contribution in [0.3, 0.4) is 0 Å². The fraction of sp³-hybridized carbons (Fsp3) is 0.538. The Morgan fingerprint density at radius 1 is 1.35 bits per heavy atom. The molecule has 17 heavy (non-hydrogen) atoms. The summed E-state index contributed by atoms with van der Waals surface area (Å²) in [5, 5.41) is 9.79. The Labute approximate surface area is 109 Å². The third-order valence-corrected chi connectivity index (χ3v) is 2.75. The number of ether oxygens (including phenoxy) is 1. The zero-order valence-electron chi connectivity index (χ0n) is 10.5. The van der Waals surface area contributed by atoms with Crippen molar-refractivity contribution in [3.63, 3.8) is 0 Å². The highest BCUT2D eigenvalue weighted by molar-refractivity contribution is 5.85. The second kappa shape index (κ2) is 8.20. The van der Waals surface area contributed by atoms with Crippen LogP contribution in [-0.2, 0) is 0 Å². The van der Waals surface area contributed by atoms with E-state index >= 15 is 0 Å². The summed E-state index contributed by atoms with van der Waals surface area (Å²) in [6, 6.07) is 5.09. The first kappa shape index (κ1) is 16.1. The predicted octanol–water partition coefficient (Wildman–Crippen LogP) is 3.40. The molecule has 0 saturated carbocycles. The molecule has 0 heterocycles. The lowest BCUT2D eigenvalue weighted by Crippen LogP contribution is -2.11. The number of benzene rings is 1. The molecule has 0 aliphatic rings. The number of hydrogen-bond acceptors (Lipinski definition) is 3. The normalized spacial score (nSPS) is 11.7. The van der Waals surface area contributed by atoms with Crippen LogP contribution in [0.4, 0.5) is 0 Å². The van der Waals surface area contributed by atoms with Gasteiger partial charge in [0.05, 0.1) is 12.7 Å². The first-order valence-electron chi connectivity index (χ1n) is 5.82. The van der Waals surface area contributed by atoms with Crippen LogP contribution < -0.4 is 10.5 Å². The second-order valence-electron chi connectivity index (χ2n) is 4.00. The van der Waals surface area contributed by atoms with E-state index in [-0.39, 0.29) is 24.2 Å². The summed E-state index contributed by atoms with van der Waals surface area (Å²) in [6.45, 7) is 2.16. The van der Waals surface area contributed by atoms with E-state index in [1.807, 2.05) is 6.07 Å². The second-order valence-corrected chi connectivity index (χ2v) is 4.00. The predicted molar refractivity (Wildman–Crippen MR) is 73.0 cm³/mol. The Bertz CT molecular complexity index is 331. The molecule has 0 bridgehead atoms. The minimum absolute atomic E-state index is 0. The quantitative estimate of drug-likeness (QED) is 0.770. The number of unbranched alkanes of at least 4 members (excludes halogenated alkanes) is 2. The Hall–Kier alpha value is -0.930. The number of halogens is 1. The first-order valence-corrected chi connectivity index (χ1v) is 5.82. The van der Waals surface area contributed by atoms with E-state index in [4.69, 9.17) is 10.5 Å². The molecule has 3 nitrogen and oxygen atoms in total. The molecule has 0 aliphatic heterocycles. The van der Waals surface area contributed by atoms with E-state index < -0.39 is 0 Å². The highest BCUT2D eigenvalue weighted by Crippen LogP contribution is 2.34. The number of aromatic hydroxyl groups is 1. The summed E-state index contributed by atoms with van der Waals surface area (Å²) < 4.78 is 5.21. The van der Waals surface area contributed by atoms with Crippen LogP contribution in [0.2, 0.25) is 0 Å². The van der Waals surface area contributed by atoms with Crippen LogP contribution in [0.1, 0.15) is 44.2 Å². The van der Waals surface area contributed by atoms with Gasteiger partial charge in [0.2, 0.25) is 0 Å². The molecule has 0 amide bonds. The molecule has 0 unspecified atom stereocenters. The molecule has 98 valence electrons. The Balaban J connectivity index is 0.00000256. The maximum Gasteiger partial charge on any atom is 0.127 e. The lowest BCUT2D eigenvalue weighted by atomic mass is 9.99. The Morgan fingerprint density at radius 2 is 2.06 bits per heavy atom. The molecule has 0 fully saturated rings. The van der Waals surface area contributed by atoms with Gasteiger partial charge in [-0.25, -0.2) is 0 Å². The Morgan fingerprint density at radius 3 is 2.65 bits per heavy atom. The van der Waals surface area contributed by atoms with Crippen LogP contribution >= 0.6 is 12.4 Å². The number of hydrogen-bond donors (Lipinski definition) is 2. The highest BCUT2D eigenvalue weighted by atomic mass is 35.5. The molecule has 1 aromatic carbocycles. The van der Waals surface area contributed by atoms with Crippen molar-refractivity contribution in [1.29, 1.82) is 0 Å². The molecule has 0 spiro atoms. The van der Waals surface area contributed by atoms with Crippen LogP contribution in [0, 0.1) is 0 Å². The topological polar surface area (TPSA) is 55.5 Å². The summed E-state index contributed by atoms with van der Waals surface area (Å²) in [5.74, 6) is 0.896. The van der Waals surface area contributed by atoms with Gasteiger partial charge in [-0.1, -0.05) is 32.3 Å². The maximum atomic E-state index is 9.79. The van der Waals surface area contributed by atoms with Crippen LogP contribution in [-0.4, -0.2) is 12.2 Å². The Kier molecular flexibility index (Phi) is 7.75. The number of rotatable bonds is 6. The van der Waals surface area contributed by atoms with Crippen molar-refractivity contribution in [2.45, 2.75) is 38.6 Å². The third-order valence-electron chi connectivity index (χ3n) is 2.75. The average molecular weight is 260 g/mol. The van der Waals surface area contributed by atoms with Gasteiger partial charge in [-0.15, -0.1) is 12.4 Å². The molecule has 0 radical (unpaired) electrons. The van der Waals surface area contributed by atoms with E-state index in [0.29, 0.717) is 5.75 Å². The van der Waals surface area contributed by atoms with Crippen molar-refractivity contribution in [2.24, 2.45) is 5.73 Å². The fourth-order valence-electron chi connectivity index (χ4n) is 1.84. The van der Waals surface area contributed by atoms with E-state index in [9.17, 15) is 5.11 Å². The van der Waals surface area contributed by atoms with Gasteiger partial charge in [-0.05, 0) is 18.6 Å². The summed E-state index contributed by atoms with van der Waals surface area (Å²) in [6.07, 6.45) is 4.30. The van der Waals surface area contributed by atoms with Crippen molar-refractivity contribution < 1.29 is 9.84 Å². The molecule has 1 rings (SSSR count). The molecule has 3 N–H and O–H groups in total. The number of nitrogens with two attached hydrogens (primary N) is 1. The van der Waals surface area contributed by atoms with E-state index in [0.717, 1.165) is 18.4 Å². The molecular weight excluding hydrogens is 238 g/mol. The number of phenolic OH excluding ortho intramolecular Hbond substituents is 1. The van der Waals surface area contributed by atoms with Crippen molar-refractivity contribution in [3.05, 3.63) is 23.8 Å². The van der Waals surface area contributed by atoms with E-state index in [1.165, 1.54) is 12.8 Å². The summed E-state index contributed by atoms with van der Waals surface area (Å²) in [7, 11) is 1.59. The van der Waals surface area contributed by atoms with Crippen molar-refractivity contribution in [1.82, 2.24) is 0 Å². The lowest BCUT2D eigenvalue weighted by Gasteiger charge is -2.16. The van der Waals surface area contributed by atoms with Gasteiger partial charge in [-0.3, -0.25) is 0 Å². The van der Waals surface area contributed by atoms with Gasteiger partial charge in [0.1, 0.15) is 11.5 Å². The lowest BCUT2D eigenvalue weighted by molar-refractivity contribution is 0.390. The smallest absolute Gasteiger partial charge is 0.127 e. The third kappa shape index (κ3) is 4.44. The minimum atomic E-state index is -0.150. The van der Waals surface area contributed by atoms with Crippen molar-refractivity contribution in [2.75, 3.05) is 7.11 Å².